The zero-order valence-corrected chi connectivity index (χ0v) is 19.4. The van der Waals surface area contributed by atoms with Crippen molar-refractivity contribution < 1.29 is 23.9 Å². The third-order valence-electron chi connectivity index (χ3n) is 4.04. The van der Waals surface area contributed by atoms with Gasteiger partial charge in [-0.05, 0) is 57.5 Å². The number of hydrogen-bond donors (Lipinski definition) is 0. The Kier molecular flexibility index (Phi) is 7.46. The lowest BCUT2D eigenvalue weighted by Gasteiger charge is -2.12. The molecule has 1 heterocycles. The first-order chi connectivity index (χ1) is 14.3. The summed E-state index contributed by atoms with van der Waals surface area (Å²) in [7, 11) is 1.19. The van der Waals surface area contributed by atoms with Crippen LogP contribution in [0.3, 0.4) is 0 Å². The molecule has 0 unspecified atom stereocenters. The number of benzene rings is 2. The Balaban J connectivity index is 1.78. The first kappa shape index (κ1) is 22.7. The zero-order chi connectivity index (χ0) is 21.8. The molecule has 0 aliphatic carbocycles. The van der Waals surface area contributed by atoms with Crippen molar-refractivity contribution >= 4 is 74.1 Å². The maximum atomic E-state index is 12.4. The molecular formula is C20H14BrCl2NO5S. The van der Waals surface area contributed by atoms with Crippen LogP contribution < -0.4 is 4.74 Å². The number of ether oxygens (including phenoxy) is 2. The molecule has 0 atom stereocenters. The summed E-state index contributed by atoms with van der Waals surface area (Å²) in [5.41, 5.74) is 1.39. The van der Waals surface area contributed by atoms with Crippen molar-refractivity contribution in [2.45, 2.75) is 6.61 Å². The number of rotatable bonds is 6. The van der Waals surface area contributed by atoms with Crippen molar-refractivity contribution in [1.82, 2.24) is 4.90 Å². The number of esters is 1. The fraction of sp³-hybridized carbons (Fsp3) is 0.150. The first-order valence-corrected chi connectivity index (χ1v) is 10.8. The van der Waals surface area contributed by atoms with E-state index in [4.69, 9.17) is 27.9 Å². The average molecular weight is 531 g/mol. The minimum absolute atomic E-state index is 0.177. The van der Waals surface area contributed by atoms with Crippen LogP contribution in [-0.4, -0.2) is 35.7 Å². The molecule has 0 radical (unpaired) electrons. The number of hydrogen-bond acceptors (Lipinski definition) is 6. The van der Waals surface area contributed by atoms with E-state index in [-0.39, 0.29) is 11.5 Å². The van der Waals surface area contributed by atoms with E-state index in [1.165, 1.54) is 13.2 Å². The number of halogens is 3. The first-order valence-electron chi connectivity index (χ1n) is 8.47. The molecule has 0 saturated carbocycles. The maximum absolute atomic E-state index is 12.4. The van der Waals surface area contributed by atoms with Crippen molar-refractivity contribution in [2.24, 2.45) is 0 Å². The van der Waals surface area contributed by atoms with Gasteiger partial charge in [0.2, 0.25) is 0 Å². The van der Waals surface area contributed by atoms with Crippen LogP contribution >= 0.6 is 50.9 Å². The summed E-state index contributed by atoms with van der Waals surface area (Å²) in [6, 6.07) is 10.6. The van der Waals surface area contributed by atoms with Gasteiger partial charge in [-0.1, -0.05) is 41.4 Å². The number of nitrogens with zero attached hydrogens (tertiary/aromatic N) is 1. The summed E-state index contributed by atoms with van der Waals surface area (Å²) >= 11 is 16.7. The molecule has 2 aromatic carbocycles. The van der Waals surface area contributed by atoms with Gasteiger partial charge in [0.15, 0.2) is 5.75 Å². The largest absolute Gasteiger partial charge is 0.486 e. The Bertz CT molecular complexity index is 1040. The topological polar surface area (TPSA) is 72.9 Å². The van der Waals surface area contributed by atoms with Crippen molar-refractivity contribution in [3.63, 3.8) is 0 Å². The predicted octanol–water partition coefficient (Wildman–Crippen LogP) is 5.54. The average Bonchev–Trinajstić information content (AvgIpc) is 2.95. The fourth-order valence-corrected chi connectivity index (χ4v) is 4.56. The number of imide groups is 1. The molecule has 30 heavy (non-hydrogen) atoms. The van der Waals surface area contributed by atoms with Crippen LogP contribution in [0.25, 0.3) is 6.08 Å². The highest BCUT2D eigenvalue weighted by Crippen LogP contribution is 2.38. The van der Waals surface area contributed by atoms with E-state index in [2.05, 4.69) is 20.7 Å². The molecule has 6 nitrogen and oxygen atoms in total. The van der Waals surface area contributed by atoms with E-state index in [9.17, 15) is 14.4 Å². The van der Waals surface area contributed by atoms with E-state index in [0.717, 1.165) is 22.2 Å². The van der Waals surface area contributed by atoms with Crippen LogP contribution in [0.2, 0.25) is 10.0 Å². The number of carbonyl (C=O) groups is 3. The summed E-state index contributed by atoms with van der Waals surface area (Å²) in [6.07, 6.45) is 1.52. The highest BCUT2D eigenvalue weighted by atomic mass is 79.9. The highest BCUT2D eigenvalue weighted by molar-refractivity contribution is 9.10. The van der Waals surface area contributed by atoms with Gasteiger partial charge in [0, 0.05) is 10.6 Å². The van der Waals surface area contributed by atoms with Crippen LogP contribution in [0, 0.1) is 0 Å². The molecule has 2 aromatic rings. The molecule has 156 valence electrons. The lowest BCUT2D eigenvalue weighted by atomic mass is 10.2. The zero-order valence-electron chi connectivity index (χ0n) is 15.5. The van der Waals surface area contributed by atoms with Gasteiger partial charge in [-0.3, -0.25) is 19.3 Å². The second kappa shape index (κ2) is 9.87. The smallest absolute Gasteiger partial charge is 0.325 e. The minimum atomic E-state index is -0.677. The number of thioether (sulfide) groups is 1. The van der Waals surface area contributed by atoms with Crippen molar-refractivity contribution in [2.75, 3.05) is 13.7 Å². The summed E-state index contributed by atoms with van der Waals surface area (Å²) < 4.78 is 10.9. The van der Waals surface area contributed by atoms with Crippen LogP contribution in [0.4, 0.5) is 4.79 Å². The molecule has 2 amide bonds. The molecule has 3 rings (SSSR count). The van der Waals surface area contributed by atoms with E-state index in [1.807, 2.05) is 18.2 Å². The lowest BCUT2D eigenvalue weighted by molar-refractivity contribution is -0.143. The maximum Gasteiger partial charge on any atom is 0.325 e. The number of amides is 2. The molecule has 1 saturated heterocycles. The monoisotopic (exact) mass is 529 g/mol. The summed E-state index contributed by atoms with van der Waals surface area (Å²) in [5, 5.41) is 0.363. The molecule has 0 spiro atoms. The molecule has 0 aromatic heterocycles. The summed E-state index contributed by atoms with van der Waals surface area (Å²) in [6.45, 7) is -0.207. The molecular weight excluding hydrogens is 517 g/mol. The normalized spacial score (nSPS) is 15.1. The third-order valence-corrected chi connectivity index (χ3v) is 6.18. The molecule has 0 bridgehead atoms. The second-order valence-electron chi connectivity index (χ2n) is 6.04. The van der Waals surface area contributed by atoms with Crippen LogP contribution in [-0.2, 0) is 20.9 Å². The van der Waals surface area contributed by atoms with Gasteiger partial charge in [0.1, 0.15) is 13.2 Å². The minimum Gasteiger partial charge on any atom is -0.486 e. The Morgan fingerprint density at radius 1 is 1.20 bits per heavy atom. The number of methoxy groups -OCH3 is 1. The highest BCUT2D eigenvalue weighted by Gasteiger charge is 2.36. The molecule has 1 aliphatic heterocycles. The van der Waals surface area contributed by atoms with E-state index < -0.39 is 23.7 Å². The van der Waals surface area contributed by atoms with Gasteiger partial charge >= 0.3 is 5.97 Å². The Labute approximate surface area is 195 Å². The Hall–Kier alpha value is -2.00. The van der Waals surface area contributed by atoms with Gasteiger partial charge < -0.3 is 9.47 Å². The standard InChI is InChI=1S/C20H14BrCl2NO5S/c1-28-17(25)9-24-19(26)16(30-20(24)27)8-11-6-13(21)18(15(23)7-11)29-10-12-4-2-3-5-14(12)22/h2-8H,9-10H2,1H3/b16-8-. The van der Waals surface area contributed by atoms with E-state index >= 15 is 0 Å². The van der Waals surface area contributed by atoms with Gasteiger partial charge in [0.25, 0.3) is 11.1 Å². The SMILES string of the molecule is COC(=O)CN1C(=O)S/C(=C\c2cc(Cl)c(OCc3ccccc3Cl)c(Br)c2)C1=O. The van der Waals surface area contributed by atoms with E-state index in [1.54, 1.807) is 18.2 Å². The van der Waals surface area contributed by atoms with Crippen LogP contribution in [0.1, 0.15) is 11.1 Å². The molecule has 10 heteroatoms. The van der Waals surface area contributed by atoms with Gasteiger partial charge in [0.05, 0.1) is 21.5 Å². The fourth-order valence-electron chi connectivity index (χ4n) is 2.55. The van der Waals surface area contributed by atoms with E-state index in [0.29, 0.717) is 25.8 Å². The van der Waals surface area contributed by atoms with Crippen molar-refractivity contribution in [1.29, 1.82) is 0 Å². The van der Waals surface area contributed by atoms with Crippen LogP contribution in [0.5, 0.6) is 5.75 Å². The predicted molar refractivity (Wildman–Crippen MR) is 120 cm³/mol. The third kappa shape index (κ3) is 5.18. The van der Waals surface area contributed by atoms with Crippen molar-refractivity contribution in [3.8, 4) is 5.75 Å². The van der Waals surface area contributed by atoms with Gasteiger partial charge in [-0.15, -0.1) is 0 Å². The molecule has 1 aliphatic rings. The van der Waals surface area contributed by atoms with Gasteiger partial charge in [-0.2, -0.15) is 0 Å². The van der Waals surface area contributed by atoms with Crippen molar-refractivity contribution in [3.05, 3.63) is 66.9 Å². The summed E-state index contributed by atoms with van der Waals surface area (Å²) in [5.74, 6) is -0.821. The Morgan fingerprint density at radius 3 is 2.60 bits per heavy atom. The molecule has 0 N–H and O–H groups in total. The number of carbonyl (C=O) groups excluding carboxylic acids is 3. The lowest BCUT2D eigenvalue weighted by Crippen LogP contribution is -2.34. The summed E-state index contributed by atoms with van der Waals surface area (Å²) in [4.78, 5) is 36.9. The quantitative estimate of drug-likeness (QED) is 0.360. The van der Waals surface area contributed by atoms with Crippen LogP contribution in [0.15, 0.2) is 45.8 Å². The second-order valence-corrected chi connectivity index (χ2v) is 8.70. The molecule has 1 fully saturated rings. The van der Waals surface area contributed by atoms with Gasteiger partial charge in [-0.25, -0.2) is 0 Å². The Morgan fingerprint density at radius 2 is 1.93 bits per heavy atom.